The summed E-state index contributed by atoms with van der Waals surface area (Å²) in [6, 6.07) is 8.10. The average Bonchev–Trinajstić information content (AvgIpc) is 2.36. The Labute approximate surface area is 103 Å². The number of benzene rings is 1. The molecular weight excluding hydrogens is 212 g/mol. The van der Waals surface area contributed by atoms with Crippen molar-refractivity contribution in [2.45, 2.75) is 39.2 Å². The molecule has 1 amide bonds. The van der Waals surface area contributed by atoms with Crippen molar-refractivity contribution in [3.05, 3.63) is 35.4 Å². The lowest BCUT2D eigenvalue weighted by Gasteiger charge is -2.31. The van der Waals surface area contributed by atoms with E-state index in [4.69, 9.17) is 5.73 Å². The molecule has 1 aromatic rings. The number of hydrogen-bond acceptors (Lipinski definition) is 2. The van der Waals surface area contributed by atoms with Crippen LogP contribution >= 0.6 is 0 Å². The SMILES string of the molecule is CCNC(CC)(C(N)=O)c1ccc(CC)cc1. The molecule has 0 aliphatic heterocycles. The zero-order valence-corrected chi connectivity index (χ0v) is 10.9. The van der Waals surface area contributed by atoms with Crippen LogP contribution in [-0.2, 0) is 16.8 Å². The van der Waals surface area contributed by atoms with Crippen LogP contribution in [0.3, 0.4) is 0 Å². The van der Waals surface area contributed by atoms with E-state index in [1.807, 2.05) is 26.0 Å². The zero-order chi connectivity index (χ0) is 12.9. The van der Waals surface area contributed by atoms with E-state index in [9.17, 15) is 4.79 Å². The van der Waals surface area contributed by atoms with Crippen molar-refractivity contribution in [1.82, 2.24) is 5.32 Å². The summed E-state index contributed by atoms with van der Waals surface area (Å²) in [5.74, 6) is -0.314. The second-order valence-electron chi connectivity index (χ2n) is 4.20. The van der Waals surface area contributed by atoms with Gasteiger partial charge in [-0.15, -0.1) is 0 Å². The highest BCUT2D eigenvalue weighted by molar-refractivity contribution is 5.86. The van der Waals surface area contributed by atoms with Crippen LogP contribution in [0.5, 0.6) is 0 Å². The van der Waals surface area contributed by atoms with E-state index >= 15 is 0 Å². The molecule has 0 aliphatic rings. The molecule has 1 aromatic carbocycles. The highest BCUT2D eigenvalue weighted by Gasteiger charge is 2.35. The molecule has 17 heavy (non-hydrogen) atoms. The quantitative estimate of drug-likeness (QED) is 0.790. The molecule has 0 fully saturated rings. The van der Waals surface area contributed by atoms with Gasteiger partial charge in [0.05, 0.1) is 0 Å². The van der Waals surface area contributed by atoms with E-state index in [2.05, 4.69) is 24.4 Å². The Bertz CT molecular complexity index is 372. The van der Waals surface area contributed by atoms with E-state index in [-0.39, 0.29) is 5.91 Å². The lowest BCUT2D eigenvalue weighted by Crippen LogP contribution is -2.52. The Hall–Kier alpha value is -1.35. The number of carbonyl (C=O) groups excluding carboxylic acids is 1. The Morgan fingerprint density at radius 1 is 1.24 bits per heavy atom. The number of likely N-dealkylation sites (N-methyl/N-ethyl adjacent to an activating group) is 1. The molecule has 0 aromatic heterocycles. The Balaban J connectivity index is 3.15. The van der Waals surface area contributed by atoms with E-state index in [1.165, 1.54) is 5.56 Å². The van der Waals surface area contributed by atoms with Crippen molar-refractivity contribution in [2.24, 2.45) is 5.73 Å². The molecule has 0 bridgehead atoms. The number of nitrogens with one attached hydrogen (secondary N) is 1. The van der Waals surface area contributed by atoms with E-state index in [0.717, 1.165) is 12.0 Å². The summed E-state index contributed by atoms with van der Waals surface area (Å²) >= 11 is 0. The fourth-order valence-electron chi connectivity index (χ4n) is 2.16. The molecule has 0 aliphatic carbocycles. The molecule has 3 N–H and O–H groups in total. The lowest BCUT2D eigenvalue weighted by atomic mass is 9.85. The van der Waals surface area contributed by atoms with Crippen molar-refractivity contribution in [2.75, 3.05) is 6.54 Å². The first-order chi connectivity index (χ1) is 8.10. The normalized spacial score (nSPS) is 14.3. The summed E-state index contributed by atoms with van der Waals surface area (Å²) in [5.41, 5.74) is 7.05. The van der Waals surface area contributed by atoms with Gasteiger partial charge in [-0.3, -0.25) is 10.1 Å². The third-order valence-corrected chi connectivity index (χ3v) is 3.28. The fraction of sp³-hybridized carbons (Fsp3) is 0.500. The topological polar surface area (TPSA) is 55.1 Å². The number of nitrogens with two attached hydrogens (primary N) is 1. The molecule has 3 heteroatoms. The molecule has 0 saturated carbocycles. The summed E-state index contributed by atoms with van der Waals surface area (Å²) in [6.07, 6.45) is 1.65. The Kier molecular flexibility index (Phi) is 4.70. The molecule has 0 heterocycles. The Morgan fingerprint density at radius 3 is 2.18 bits per heavy atom. The van der Waals surface area contributed by atoms with Crippen molar-refractivity contribution in [3.63, 3.8) is 0 Å². The number of rotatable bonds is 6. The third-order valence-electron chi connectivity index (χ3n) is 3.28. The summed E-state index contributed by atoms with van der Waals surface area (Å²) in [4.78, 5) is 11.8. The van der Waals surface area contributed by atoms with Gasteiger partial charge in [0.1, 0.15) is 5.54 Å². The third kappa shape index (κ3) is 2.67. The van der Waals surface area contributed by atoms with Crippen molar-refractivity contribution in [3.8, 4) is 0 Å². The summed E-state index contributed by atoms with van der Waals surface area (Å²) in [5, 5.41) is 3.22. The van der Waals surface area contributed by atoms with Crippen LogP contribution in [-0.4, -0.2) is 12.5 Å². The minimum absolute atomic E-state index is 0.314. The number of carbonyl (C=O) groups is 1. The van der Waals surface area contributed by atoms with Gasteiger partial charge in [0.2, 0.25) is 5.91 Å². The molecule has 0 saturated heterocycles. The Morgan fingerprint density at radius 2 is 1.82 bits per heavy atom. The first-order valence-electron chi connectivity index (χ1n) is 6.25. The zero-order valence-electron chi connectivity index (χ0n) is 10.9. The highest BCUT2D eigenvalue weighted by atomic mass is 16.1. The minimum Gasteiger partial charge on any atom is -0.368 e. The second-order valence-corrected chi connectivity index (χ2v) is 4.20. The van der Waals surface area contributed by atoms with Gasteiger partial charge in [0.15, 0.2) is 0 Å². The van der Waals surface area contributed by atoms with Gasteiger partial charge in [-0.1, -0.05) is 45.0 Å². The standard InChI is InChI=1S/C14H22N2O/c1-4-11-7-9-12(10-8-11)14(5-2,13(15)17)16-6-3/h7-10,16H,4-6H2,1-3H3,(H2,15,17). The molecular formula is C14H22N2O. The summed E-state index contributed by atoms with van der Waals surface area (Å²) in [7, 11) is 0. The van der Waals surface area contributed by atoms with Crippen LogP contribution in [0.25, 0.3) is 0 Å². The van der Waals surface area contributed by atoms with Gasteiger partial charge >= 0.3 is 0 Å². The predicted molar refractivity (Wildman–Crippen MR) is 70.7 cm³/mol. The smallest absolute Gasteiger partial charge is 0.242 e. The van der Waals surface area contributed by atoms with Gasteiger partial charge in [-0.25, -0.2) is 0 Å². The molecule has 1 unspecified atom stereocenters. The van der Waals surface area contributed by atoms with E-state index in [0.29, 0.717) is 13.0 Å². The maximum atomic E-state index is 11.8. The van der Waals surface area contributed by atoms with Crippen LogP contribution in [0.15, 0.2) is 24.3 Å². The van der Waals surface area contributed by atoms with Crippen molar-refractivity contribution < 1.29 is 4.79 Å². The van der Waals surface area contributed by atoms with E-state index < -0.39 is 5.54 Å². The number of primary amides is 1. The first-order valence-corrected chi connectivity index (χ1v) is 6.25. The van der Waals surface area contributed by atoms with Crippen LogP contribution in [0, 0.1) is 0 Å². The van der Waals surface area contributed by atoms with Crippen LogP contribution < -0.4 is 11.1 Å². The molecule has 3 nitrogen and oxygen atoms in total. The molecule has 94 valence electrons. The predicted octanol–water partition coefficient (Wildman–Crippen LogP) is 1.95. The van der Waals surface area contributed by atoms with Gasteiger partial charge in [-0.2, -0.15) is 0 Å². The maximum Gasteiger partial charge on any atom is 0.242 e. The first kappa shape index (κ1) is 13.7. The van der Waals surface area contributed by atoms with Gasteiger partial charge in [-0.05, 0) is 30.5 Å². The summed E-state index contributed by atoms with van der Waals surface area (Å²) in [6.45, 7) is 6.78. The van der Waals surface area contributed by atoms with Crippen LogP contribution in [0.4, 0.5) is 0 Å². The largest absolute Gasteiger partial charge is 0.368 e. The van der Waals surface area contributed by atoms with Crippen LogP contribution in [0.2, 0.25) is 0 Å². The van der Waals surface area contributed by atoms with Crippen molar-refractivity contribution in [1.29, 1.82) is 0 Å². The van der Waals surface area contributed by atoms with Crippen LogP contribution in [0.1, 0.15) is 38.3 Å². The molecule has 0 radical (unpaired) electrons. The van der Waals surface area contributed by atoms with Gasteiger partial charge in [0.25, 0.3) is 0 Å². The minimum atomic E-state index is -0.735. The number of aryl methyl sites for hydroxylation is 1. The number of amides is 1. The van der Waals surface area contributed by atoms with Gasteiger partial charge in [0, 0.05) is 0 Å². The maximum absolute atomic E-state index is 11.8. The number of hydrogen-bond donors (Lipinski definition) is 2. The van der Waals surface area contributed by atoms with Gasteiger partial charge < -0.3 is 5.73 Å². The monoisotopic (exact) mass is 234 g/mol. The molecule has 1 atom stereocenters. The lowest BCUT2D eigenvalue weighted by molar-refractivity contribution is -0.125. The fourth-order valence-corrected chi connectivity index (χ4v) is 2.16. The molecule has 1 rings (SSSR count). The average molecular weight is 234 g/mol. The summed E-state index contributed by atoms with van der Waals surface area (Å²) < 4.78 is 0. The molecule has 0 spiro atoms. The second kappa shape index (κ2) is 5.82. The van der Waals surface area contributed by atoms with Crippen molar-refractivity contribution >= 4 is 5.91 Å². The van der Waals surface area contributed by atoms with E-state index in [1.54, 1.807) is 0 Å². The highest BCUT2D eigenvalue weighted by Crippen LogP contribution is 2.25.